The van der Waals surface area contributed by atoms with Gasteiger partial charge in [0, 0.05) is 7.11 Å². The van der Waals surface area contributed by atoms with E-state index in [4.69, 9.17) is 19.5 Å². The van der Waals surface area contributed by atoms with Crippen molar-refractivity contribution < 1.29 is 19.5 Å². The quantitative estimate of drug-likeness (QED) is 0.518. The Morgan fingerprint density at radius 2 is 1.77 bits per heavy atom. The van der Waals surface area contributed by atoms with E-state index in [1.807, 2.05) is 30.3 Å². The Balaban J connectivity index is 0.000000424. The third-order valence-electron chi connectivity index (χ3n) is 1.09. The predicted octanol–water partition coefficient (Wildman–Crippen LogP) is 0.174. The van der Waals surface area contributed by atoms with Crippen LogP contribution in [0.25, 0.3) is 0 Å². The molecule has 0 bridgehead atoms. The molecule has 0 aliphatic heterocycles. The molecule has 0 spiro atoms. The van der Waals surface area contributed by atoms with E-state index in [-0.39, 0.29) is 7.69 Å². The highest BCUT2D eigenvalue weighted by Crippen LogP contribution is 2.07. The molecule has 1 aromatic rings. The van der Waals surface area contributed by atoms with Crippen molar-refractivity contribution in [2.24, 2.45) is 0 Å². The molecule has 1 radical (unpaired) electrons. The maximum atomic E-state index is 7.00. The van der Waals surface area contributed by atoms with Crippen LogP contribution in [-0.4, -0.2) is 31.6 Å². The van der Waals surface area contributed by atoms with E-state index in [9.17, 15) is 0 Å². The van der Waals surface area contributed by atoms with Crippen LogP contribution in [0.3, 0.4) is 0 Å². The zero-order valence-corrected chi connectivity index (χ0v) is 7.38. The number of para-hydroxylation sites is 1. The zero-order chi connectivity index (χ0) is 9.94. The van der Waals surface area contributed by atoms with Crippen LogP contribution >= 0.6 is 0 Å². The molecule has 0 saturated carbocycles. The molecule has 0 aromatic heterocycles. The predicted molar refractivity (Wildman–Crippen MR) is 49.1 cm³/mol. The average molecular weight is 183 g/mol. The minimum Gasteiger partial charge on any atom is -0.468 e. The Hall–Kier alpha value is -1.04. The molecule has 0 atom stereocenters. The van der Waals surface area contributed by atoms with E-state index in [1.165, 1.54) is 0 Å². The Bertz CT molecular complexity index is 193. The van der Waals surface area contributed by atoms with Gasteiger partial charge in [-0.25, -0.2) is 0 Å². The lowest BCUT2D eigenvalue weighted by Gasteiger charge is -2.01. The number of benzene rings is 1. The van der Waals surface area contributed by atoms with Crippen LogP contribution in [0, 0.1) is 0 Å². The third kappa shape index (κ3) is 7.33. The maximum absolute atomic E-state index is 7.00. The highest BCUT2D eigenvalue weighted by atomic mass is 16.7. The molecule has 0 unspecified atom stereocenters. The largest absolute Gasteiger partial charge is 0.482 e. The summed E-state index contributed by atoms with van der Waals surface area (Å²) in [7, 11) is 1.60. The van der Waals surface area contributed by atoms with Crippen LogP contribution in [0.15, 0.2) is 30.3 Å². The summed E-state index contributed by atoms with van der Waals surface area (Å²) in [6.07, 6.45) is 0. The molecule has 0 amide bonds. The first kappa shape index (κ1) is 12.0. The van der Waals surface area contributed by atoms with Gasteiger partial charge in [0.15, 0.2) is 6.79 Å². The van der Waals surface area contributed by atoms with E-state index in [0.29, 0.717) is 6.79 Å². The summed E-state index contributed by atoms with van der Waals surface area (Å²) in [5.41, 5.74) is 0. The normalized spacial score (nSPS) is 8.23. The van der Waals surface area contributed by atoms with Crippen LogP contribution in [0.1, 0.15) is 0 Å². The molecule has 0 aliphatic carbocycles. The molecule has 2 N–H and O–H groups in total. The molecule has 0 aliphatic rings. The minimum atomic E-state index is 0. The van der Waals surface area contributed by atoms with E-state index in [0.717, 1.165) is 5.75 Å². The van der Waals surface area contributed by atoms with Crippen molar-refractivity contribution in [3.8, 4) is 5.75 Å². The van der Waals surface area contributed by atoms with E-state index in [2.05, 4.69) is 0 Å². The van der Waals surface area contributed by atoms with Gasteiger partial charge in [-0.2, -0.15) is 0 Å². The lowest BCUT2D eigenvalue weighted by atomic mass is 10.3. The molecule has 5 heteroatoms. The molecule has 0 fully saturated rings. The van der Waals surface area contributed by atoms with Crippen molar-refractivity contribution >= 4 is 7.69 Å². The third-order valence-corrected chi connectivity index (χ3v) is 1.09. The summed E-state index contributed by atoms with van der Waals surface area (Å²) in [5.74, 6) is 0.837. The number of ether oxygens (including phenoxy) is 2. The summed E-state index contributed by atoms with van der Waals surface area (Å²) in [5, 5.41) is 14.0. The van der Waals surface area contributed by atoms with Gasteiger partial charge in [-0.05, 0) is 12.1 Å². The standard InChI is InChI=1S/C8H10O2.BH2O2/c1-9-7-10-8-5-3-2-4-6-8;2-1-3/h2-6H,7H2,1H3;2-3H. The van der Waals surface area contributed by atoms with Crippen LogP contribution in [-0.2, 0) is 4.74 Å². The van der Waals surface area contributed by atoms with Crippen molar-refractivity contribution in [2.45, 2.75) is 0 Å². The fourth-order valence-electron chi connectivity index (χ4n) is 0.644. The van der Waals surface area contributed by atoms with Gasteiger partial charge in [0.05, 0.1) is 0 Å². The molecule has 1 rings (SSSR count). The van der Waals surface area contributed by atoms with Crippen molar-refractivity contribution in [3.05, 3.63) is 30.3 Å². The van der Waals surface area contributed by atoms with Gasteiger partial charge >= 0.3 is 7.69 Å². The Morgan fingerprint density at radius 3 is 2.23 bits per heavy atom. The highest BCUT2D eigenvalue weighted by molar-refractivity contribution is 6.13. The van der Waals surface area contributed by atoms with Gasteiger partial charge in [0.2, 0.25) is 0 Å². The van der Waals surface area contributed by atoms with Gasteiger partial charge in [0.1, 0.15) is 5.75 Å². The molecule has 0 heterocycles. The monoisotopic (exact) mass is 183 g/mol. The minimum absolute atomic E-state index is 0. The Kier molecular flexibility index (Phi) is 8.34. The Morgan fingerprint density at radius 1 is 1.23 bits per heavy atom. The Labute approximate surface area is 78.0 Å². The number of rotatable bonds is 3. The van der Waals surface area contributed by atoms with Crippen LogP contribution < -0.4 is 4.74 Å². The van der Waals surface area contributed by atoms with E-state index >= 15 is 0 Å². The summed E-state index contributed by atoms with van der Waals surface area (Å²) < 4.78 is 9.86. The maximum Gasteiger partial charge on any atom is 0.482 e. The SMILES string of the molecule is COCOc1ccccc1.O[B]O. The molecular weight excluding hydrogens is 171 g/mol. The fraction of sp³-hybridized carbons (Fsp3) is 0.250. The lowest BCUT2D eigenvalue weighted by Crippen LogP contribution is -1.97. The second kappa shape index (κ2) is 9.06. The molecule has 0 saturated heterocycles. The average Bonchev–Trinajstić information content (AvgIpc) is 2.18. The van der Waals surface area contributed by atoms with Gasteiger partial charge in [-0.1, -0.05) is 18.2 Å². The van der Waals surface area contributed by atoms with Crippen molar-refractivity contribution in [2.75, 3.05) is 13.9 Å². The van der Waals surface area contributed by atoms with Gasteiger partial charge in [-0.3, -0.25) is 0 Å². The summed E-state index contributed by atoms with van der Waals surface area (Å²) >= 11 is 0. The number of hydrogen-bond donors (Lipinski definition) is 2. The van der Waals surface area contributed by atoms with Gasteiger partial charge in [0.25, 0.3) is 0 Å². The van der Waals surface area contributed by atoms with Gasteiger partial charge in [-0.15, -0.1) is 0 Å². The van der Waals surface area contributed by atoms with Crippen molar-refractivity contribution in [1.29, 1.82) is 0 Å². The molecule has 1 aromatic carbocycles. The first-order chi connectivity index (χ1) is 6.35. The van der Waals surface area contributed by atoms with Crippen LogP contribution in [0.5, 0.6) is 5.75 Å². The van der Waals surface area contributed by atoms with Crippen LogP contribution in [0.2, 0.25) is 0 Å². The topological polar surface area (TPSA) is 58.9 Å². The lowest BCUT2D eigenvalue weighted by molar-refractivity contribution is 0.0511. The first-order valence-electron chi connectivity index (χ1n) is 3.62. The molecule has 13 heavy (non-hydrogen) atoms. The molecule has 71 valence electrons. The van der Waals surface area contributed by atoms with Gasteiger partial charge < -0.3 is 19.5 Å². The molecular formula is C8H12BO4. The smallest absolute Gasteiger partial charge is 0.468 e. The van der Waals surface area contributed by atoms with Crippen LogP contribution in [0.4, 0.5) is 0 Å². The zero-order valence-electron chi connectivity index (χ0n) is 7.38. The summed E-state index contributed by atoms with van der Waals surface area (Å²) in [4.78, 5) is 0. The first-order valence-corrected chi connectivity index (χ1v) is 3.62. The number of methoxy groups -OCH3 is 1. The van der Waals surface area contributed by atoms with E-state index in [1.54, 1.807) is 7.11 Å². The van der Waals surface area contributed by atoms with E-state index < -0.39 is 0 Å². The molecule has 4 nitrogen and oxygen atoms in total. The summed E-state index contributed by atoms with van der Waals surface area (Å²) in [6, 6.07) is 9.56. The fourth-order valence-corrected chi connectivity index (χ4v) is 0.644. The van der Waals surface area contributed by atoms with Crippen molar-refractivity contribution in [1.82, 2.24) is 0 Å². The van der Waals surface area contributed by atoms with Crippen molar-refractivity contribution in [3.63, 3.8) is 0 Å². The number of hydrogen-bond acceptors (Lipinski definition) is 4. The second-order valence-corrected chi connectivity index (χ2v) is 1.98. The summed E-state index contributed by atoms with van der Waals surface area (Å²) in [6.45, 7) is 0.310. The second-order valence-electron chi connectivity index (χ2n) is 1.98. The highest BCUT2D eigenvalue weighted by Gasteiger charge is 1.86.